The first-order chi connectivity index (χ1) is 20.6. The molecule has 1 saturated heterocycles. The fourth-order valence-electron chi connectivity index (χ4n) is 4.52. The highest BCUT2D eigenvalue weighted by atomic mass is 32.2. The number of para-hydroxylation sites is 1. The number of carbonyl (C=O) groups excluding carboxylic acids is 1. The van der Waals surface area contributed by atoms with Gasteiger partial charge in [-0.05, 0) is 47.4 Å². The molecule has 2 heterocycles. The first-order valence-electron chi connectivity index (χ1n) is 13.3. The van der Waals surface area contributed by atoms with E-state index in [9.17, 15) is 23.2 Å². The highest BCUT2D eigenvalue weighted by Crippen LogP contribution is 2.32. The van der Waals surface area contributed by atoms with Crippen LogP contribution >= 0.6 is 11.8 Å². The van der Waals surface area contributed by atoms with E-state index in [4.69, 9.17) is 0 Å². The number of halogens is 3. The number of thioether (sulfide) groups is 1. The number of carbonyl (C=O) groups is 1. The first kappa shape index (κ1) is 29.7. The van der Waals surface area contributed by atoms with Crippen LogP contribution < -0.4 is 15.0 Å². The molecule has 13 heteroatoms. The Hall–Kier alpha value is -4.83. The summed E-state index contributed by atoms with van der Waals surface area (Å²) < 4.78 is 42.5. The maximum absolute atomic E-state index is 12.9. The lowest BCUT2D eigenvalue weighted by Gasteiger charge is -2.23. The van der Waals surface area contributed by atoms with E-state index in [1.807, 2.05) is 23.1 Å². The monoisotopic (exact) mass is 605 g/mol. The van der Waals surface area contributed by atoms with Crippen LogP contribution in [0, 0.1) is 11.3 Å². The summed E-state index contributed by atoms with van der Waals surface area (Å²) in [5.74, 6) is 1.13. The van der Waals surface area contributed by atoms with Crippen LogP contribution in [-0.2, 0) is 0 Å². The standard InChI is InChI=1S/C30H26F3N7O2S/c1-19(2)24-5-3-4-6-26(24)39-15-16-43-29(39)37-28(41)36-25(17-34)20-7-9-21(10-8-20)27-35-18-40(38-27)22-11-13-23(14-12-22)42-30(31,32)33/h3-14,18-19,25H,15-16H2,1-2H3,(H,36,41)/b37-29-. The number of nitrogens with one attached hydrogen (secondary N) is 1. The van der Waals surface area contributed by atoms with Crippen molar-refractivity contribution in [3.8, 4) is 28.9 Å². The third kappa shape index (κ3) is 7.15. The van der Waals surface area contributed by atoms with E-state index in [-0.39, 0.29) is 5.75 Å². The molecule has 1 aliphatic rings. The molecule has 1 atom stereocenters. The van der Waals surface area contributed by atoms with E-state index in [1.165, 1.54) is 52.6 Å². The Morgan fingerprint density at radius 2 is 1.81 bits per heavy atom. The lowest BCUT2D eigenvalue weighted by Crippen LogP contribution is -2.30. The molecular weight excluding hydrogens is 579 g/mol. The molecule has 2 amide bonds. The highest BCUT2D eigenvalue weighted by molar-refractivity contribution is 8.14. The van der Waals surface area contributed by atoms with Gasteiger partial charge in [0, 0.05) is 23.5 Å². The highest BCUT2D eigenvalue weighted by Gasteiger charge is 2.31. The average molecular weight is 606 g/mol. The Morgan fingerprint density at radius 1 is 1.09 bits per heavy atom. The molecule has 3 aromatic carbocycles. The number of nitrogens with zero attached hydrogens (tertiary/aromatic N) is 6. The van der Waals surface area contributed by atoms with Crippen LogP contribution in [0.1, 0.15) is 36.9 Å². The number of anilines is 1. The lowest BCUT2D eigenvalue weighted by atomic mass is 10.0. The second-order valence-electron chi connectivity index (χ2n) is 9.80. The quantitative estimate of drug-likeness (QED) is 0.246. The number of aliphatic imine (C=N–C) groups is 1. The van der Waals surface area contributed by atoms with Crippen LogP contribution in [0.25, 0.3) is 17.1 Å². The van der Waals surface area contributed by atoms with Gasteiger partial charge < -0.3 is 15.0 Å². The Balaban J connectivity index is 1.26. The van der Waals surface area contributed by atoms with Gasteiger partial charge in [-0.3, -0.25) is 0 Å². The van der Waals surface area contributed by atoms with E-state index >= 15 is 0 Å². The molecule has 1 N–H and O–H groups in total. The van der Waals surface area contributed by atoms with Crippen LogP contribution in [0.5, 0.6) is 5.75 Å². The molecule has 4 aromatic rings. The predicted octanol–water partition coefficient (Wildman–Crippen LogP) is 6.84. The van der Waals surface area contributed by atoms with Gasteiger partial charge >= 0.3 is 12.4 Å². The number of aromatic nitrogens is 3. The zero-order chi connectivity index (χ0) is 30.6. The number of urea groups is 1. The van der Waals surface area contributed by atoms with Crippen LogP contribution in [0.2, 0.25) is 0 Å². The van der Waals surface area contributed by atoms with Gasteiger partial charge in [-0.25, -0.2) is 14.5 Å². The zero-order valence-corrected chi connectivity index (χ0v) is 23.9. The number of hydrogen-bond acceptors (Lipinski definition) is 6. The van der Waals surface area contributed by atoms with Crippen molar-refractivity contribution in [3.63, 3.8) is 0 Å². The number of rotatable bonds is 7. The van der Waals surface area contributed by atoms with E-state index < -0.39 is 18.4 Å². The van der Waals surface area contributed by atoms with Crippen molar-refractivity contribution >= 4 is 28.6 Å². The predicted molar refractivity (Wildman–Crippen MR) is 158 cm³/mol. The van der Waals surface area contributed by atoms with E-state index in [0.29, 0.717) is 33.7 Å². The van der Waals surface area contributed by atoms with E-state index in [2.05, 4.69) is 51.1 Å². The molecular formula is C30H26F3N7O2S. The zero-order valence-electron chi connectivity index (χ0n) is 23.1. The number of amidine groups is 1. The fraction of sp³-hybridized carbons (Fsp3) is 0.233. The summed E-state index contributed by atoms with van der Waals surface area (Å²) in [4.78, 5) is 23.5. The second kappa shape index (κ2) is 12.6. The van der Waals surface area contributed by atoms with Crippen molar-refractivity contribution < 1.29 is 22.7 Å². The van der Waals surface area contributed by atoms with E-state index in [1.54, 1.807) is 24.3 Å². The smallest absolute Gasteiger partial charge is 0.406 e. The van der Waals surface area contributed by atoms with Gasteiger partial charge in [0.2, 0.25) is 0 Å². The van der Waals surface area contributed by atoms with Crippen molar-refractivity contribution in [2.45, 2.75) is 32.2 Å². The molecule has 0 radical (unpaired) electrons. The Morgan fingerprint density at radius 3 is 2.49 bits per heavy atom. The van der Waals surface area contributed by atoms with Gasteiger partial charge in [-0.1, -0.05) is 68.1 Å². The van der Waals surface area contributed by atoms with Crippen molar-refractivity contribution in [1.29, 1.82) is 5.26 Å². The maximum Gasteiger partial charge on any atom is 0.573 e. The number of alkyl halides is 3. The number of nitriles is 1. The van der Waals surface area contributed by atoms with Crippen molar-refractivity contribution in [2.75, 3.05) is 17.2 Å². The molecule has 1 fully saturated rings. The minimum Gasteiger partial charge on any atom is -0.406 e. The van der Waals surface area contributed by atoms with Crippen molar-refractivity contribution in [2.24, 2.45) is 4.99 Å². The summed E-state index contributed by atoms with van der Waals surface area (Å²) in [6.07, 6.45) is -3.34. The summed E-state index contributed by atoms with van der Waals surface area (Å²) in [5.41, 5.74) is 3.88. The van der Waals surface area contributed by atoms with Crippen molar-refractivity contribution in [3.05, 3.63) is 90.3 Å². The number of amides is 2. The summed E-state index contributed by atoms with van der Waals surface area (Å²) in [6.45, 7) is 4.97. The third-order valence-corrected chi connectivity index (χ3v) is 7.51. The molecule has 0 aliphatic carbocycles. The van der Waals surface area contributed by atoms with Crippen LogP contribution in [0.3, 0.4) is 0 Å². The summed E-state index contributed by atoms with van der Waals surface area (Å²) in [5, 5.41) is 17.4. The van der Waals surface area contributed by atoms with Crippen LogP contribution in [-0.4, -0.2) is 44.6 Å². The fourth-order valence-corrected chi connectivity index (χ4v) is 5.47. The minimum absolute atomic E-state index is 0.306. The molecule has 220 valence electrons. The minimum atomic E-state index is -4.77. The van der Waals surface area contributed by atoms with Gasteiger partial charge in [0.1, 0.15) is 18.1 Å². The van der Waals surface area contributed by atoms with E-state index in [0.717, 1.165) is 18.0 Å². The molecule has 1 aromatic heterocycles. The molecule has 9 nitrogen and oxygen atoms in total. The van der Waals surface area contributed by atoms with Gasteiger partial charge in [0.15, 0.2) is 11.0 Å². The van der Waals surface area contributed by atoms with Gasteiger partial charge in [-0.15, -0.1) is 18.3 Å². The topological polar surface area (TPSA) is 108 Å². The normalized spacial score (nSPS) is 15.0. The molecule has 0 spiro atoms. The average Bonchev–Trinajstić information content (AvgIpc) is 3.66. The summed E-state index contributed by atoms with van der Waals surface area (Å²) >= 11 is 1.49. The van der Waals surface area contributed by atoms with Gasteiger partial charge in [0.25, 0.3) is 0 Å². The molecule has 1 aliphatic heterocycles. The van der Waals surface area contributed by atoms with Crippen LogP contribution in [0.15, 0.2) is 84.1 Å². The van der Waals surface area contributed by atoms with Crippen molar-refractivity contribution in [1.82, 2.24) is 20.1 Å². The Kier molecular flexibility index (Phi) is 8.68. The summed E-state index contributed by atoms with van der Waals surface area (Å²) in [6, 6.07) is 20.7. The number of ether oxygens (including phenoxy) is 1. The van der Waals surface area contributed by atoms with Crippen LogP contribution in [0.4, 0.5) is 23.7 Å². The lowest BCUT2D eigenvalue weighted by molar-refractivity contribution is -0.274. The Bertz CT molecular complexity index is 1660. The number of benzene rings is 3. The summed E-state index contributed by atoms with van der Waals surface area (Å²) in [7, 11) is 0. The number of hydrogen-bond donors (Lipinski definition) is 1. The SMILES string of the molecule is CC(C)c1ccccc1N1CCS/C1=N\C(=O)NC(C#N)c1ccc(-c2ncn(-c3ccc(OC(F)(F)F)cc3)n2)cc1. The molecule has 43 heavy (non-hydrogen) atoms. The first-order valence-corrected chi connectivity index (χ1v) is 14.3. The molecule has 0 saturated carbocycles. The maximum atomic E-state index is 12.9. The largest absolute Gasteiger partial charge is 0.573 e. The Labute approximate surface area is 250 Å². The van der Waals surface area contributed by atoms with Gasteiger partial charge in [0.05, 0.1) is 11.8 Å². The second-order valence-corrected chi connectivity index (χ2v) is 10.9. The van der Waals surface area contributed by atoms with Gasteiger partial charge in [-0.2, -0.15) is 10.3 Å². The molecule has 1 unspecified atom stereocenters. The third-order valence-electron chi connectivity index (χ3n) is 6.55. The molecule has 0 bridgehead atoms. The molecule has 5 rings (SSSR count).